The average Bonchev–Trinajstić information content (AvgIpc) is 2.70. The molecule has 86 valence electrons. The lowest BCUT2D eigenvalue weighted by atomic mass is 10.3. The lowest BCUT2D eigenvalue weighted by Crippen LogP contribution is -2.00. The van der Waals surface area contributed by atoms with Crippen molar-refractivity contribution in [2.24, 2.45) is 0 Å². The molecule has 1 aromatic rings. The summed E-state index contributed by atoms with van der Waals surface area (Å²) in [6.07, 6.45) is 4.76. The third kappa shape index (κ3) is 2.29. The van der Waals surface area contributed by atoms with Crippen LogP contribution in [0.1, 0.15) is 25.7 Å². The Bertz CT molecular complexity index is 403. The van der Waals surface area contributed by atoms with Crippen LogP contribution in [0.5, 0.6) is 0 Å². The second-order valence-corrected chi connectivity index (χ2v) is 5.32. The van der Waals surface area contributed by atoms with Gasteiger partial charge in [0.2, 0.25) is 0 Å². The van der Waals surface area contributed by atoms with Crippen LogP contribution in [0.4, 0.5) is 11.4 Å². The number of hydrogen-bond acceptors (Lipinski definition) is 4. The normalized spacial score (nSPS) is 16.5. The number of nitrogen functional groups attached to an aromatic ring is 1. The third-order valence-corrected chi connectivity index (χ3v) is 4.20. The molecule has 0 unspecified atom stereocenters. The van der Waals surface area contributed by atoms with Gasteiger partial charge in [-0.15, -0.1) is 11.8 Å². The first-order valence-electron chi connectivity index (χ1n) is 5.38. The average molecular weight is 238 g/mol. The van der Waals surface area contributed by atoms with Crippen molar-refractivity contribution in [3.8, 4) is 0 Å². The van der Waals surface area contributed by atoms with Gasteiger partial charge in [-0.2, -0.15) is 0 Å². The van der Waals surface area contributed by atoms with Crippen molar-refractivity contribution in [1.29, 1.82) is 0 Å². The maximum absolute atomic E-state index is 10.9. The minimum Gasteiger partial charge on any atom is -0.393 e. The smallest absolute Gasteiger partial charge is 0.305 e. The van der Waals surface area contributed by atoms with Gasteiger partial charge in [0.1, 0.15) is 5.69 Å². The van der Waals surface area contributed by atoms with Gasteiger partial charge in [-0.3, -0.25) is 10.1 Å². The van der Waals surface area contributed by atoms with Crippen molar-refractivity contribution in [2.45, 2.75) is 35.8 Å². The Morgan fingerprint density at radius 1 is 1.38 bits per heavy atom. The number of benzene rings is 1. The monoisotopic (exact) mass is 238 g/mol. The summed E-state index contributed by atoms with van der Waals surface area (Å²) in [4.78, 5) is 11.3. The molecule has 1 fully saturated rings. The Morgan fingerprint density at radius 2 is 2.06 bits per heavy atom. The number of nitro groups is 1. The molecule has 16 heavy (non-hydrogen) atoms. The fourth-order valence-corrected chi connectivity index (χ4v) is 3.40. The van der Waals surface area contributed by atoms with Gasteiger partial charge in [-0.05, 0) is 25.0 Å². The molecule has 1 saturated carbocycles. The number of thioether (sulfide) groups is 1. The van der Waals surface area contributed by atoms with Crippen LogP contribution >= 0.6 is 11.8 Å². The van der Waals surface area contributed by atoms with E-state index in [1.165, 1.54) is 12.8 Å². The summed E-state index contributed by atoms with van der Waals surface area (Å²) in [5.74, 6) is 0. The van der Waals surface area contributed by atoms with E-state index >= 15 is 0 Å². The molecule has 0 aliphatic heterocycles. The van der Waals surface area contributed by atoms with E-state index in [4.69, 9.17) is 5.73 Å². The van der Waals surface area contributed by atoms with E-state index in [2.05, 4.69) is 0 Å². The number of anilines is 1. The lowest BCUT2D eigenvalue weighted by molar-refractivity contribution is -0.386. The summed E-state index contributed by atoms with van der Waals surface area (Å²) in [7, 11) is 0. The molecule has 0 saturated heterocycles. The summed E-state index contributed by atoms with van der Waals surface area (Å²) in [5, 5.41) is 11.4. The van der Waals surface area contributed by atoms with E-state index in [9.17, 15) is 10.1 Å². The Kier molecular flexibility index (Phi) is 3.33. The van der Waals surface area contributed by atoms with E-state index in [0.29, 0.717) is 10.1 Å². The van der Waals surface area contributed by atoms with Crippen molar-refractivity contribution in [2.75, 3.05) is 5.73 Å². The number of nitro benzene ring substituents is 1. The largest absolute Gasteiger partial charge is 0.393 e. The van der Waals surface area contributed by atoms with Crippen LogP contribution in [-0.4, -0.2) is 10.2 Å². The maximum atomic E-state index is 10.9. The summed E-state index contributed by atoms with van der Waals surface area (Å²) >= 11 is 1.60. The molecule has 2 rings (SSSR count). The highest BCUT2D eigenvalue weighted by Gasteiger charge is 2.23. The molecular weight excluding hydrogens is 224 g/mol. The zero-order valence-corrected chi connectivity index (χ0v) is 9.70. The van der Waals surface area contributed by atoms with E-state index < -0.39 is 0 Å². The number of nitrogens with two attached hydrogens (primary N) is 1. The fraction of sp³-hybridized carbons (Fsp3) is 0.455. The van der Waals surface area contributed by atoms with Gasteiger partial charge in [0, 0.05) is 5.25 Å². The van der Waals surface area contributed by atoms with Gasteiger partial charge >= 0.3 is 5.69 Å². The van der Waals surface area contributed by atoms with Crippen LogP contribution in [0, 0.1) is 10.1 Å². The Morgan fingerprint density at radius 3 is 2.69 bits per heavy atom. The highest BCUT2D eigenvalue weighted by molar-refractivity contribution is 8.00. The van der Waals surface area contributed by atoms with Crippen molar-refractivity contribution in [3.05, 3.63) is 28.3 Å². The second-order valence-electron chi connectivity index (χ2n) is 3.98. The van der Waals surface area contributed by atoms with Crippen molar-refractivity contribution in [3.63, 3.8) is 0 Å². The molecule has 0 atom stereocenters. The van der Waals surface area contributed by atoms with E-state index in [1.807, 2.05) is 0 Å². The van der Waals surface area contributed by atoms with Crippen LogP contribution < -0.4 is 5.73 Å². The molecule has 2 N–H and O–H groups in total. The molecule has 0 spiro atoms. The molecule has 0 bridgehead atoms. The molecule has 0 amide bonds. The molecule has 1 aromatic carbocycles. The molecule has 5 heteroatoms. The molecule has 4 nitrogen and oxygen atoms in total. The van der Waals surface area contributed by atoms with E-state index in [0.717, 1.165) is 12.8 Å². The predicted molar refractivity (Wildman–Crippen MR) is 65.6 cm³/mol. The number of hydrogen-bond donors (Lipinski definition) is 1. The van der Waals surface area contributed by atoms with Crippen LogP contribution in [-0.2, 0) is 0 Å². The summed E-state index contributed by atoms with van der Waals surface area (Å²) in [5.41, 5.74) is 5.97. The second kappa shape index (κ2) is 4.74. The molecular formula is C11H14N2O2S. The Labute approximate surface area is 98.4 Å². The topological polar surface area (TPSA) is 69.2 Å². The first kappa shape index (κ1) is 11.3. The molecule has 1 aliphatic carbocycles. The molecule has 0 aromatic heterocycles. The number of para-hydroxylation sites is 1. The van der Waals surface area contributed by atoms with Gasteiger partial charge in [0.25, 0.3) is 0 Å². The zero-order chi connectivity index (χ0) is 11.5. The maximum Gasteiger partial charge on any atom is 0.305 e. The quantitative estimate of drug-likeness (QED) is 0.498. The number of nitrogens with zero attached hydrogens (tertiary/aromatic N) is 1. The van der Waals surface area contributed by atoms with E-state index in [1.54, 1.807) is 30.0 Å². The minimum absolute atomic E-state index is 0.0689. The highest BCUT2D eigenvalue weighted by atomic mass is 32.2. The highest BCUT2D eigenvalue weighted by Crippen LogP contribution is 2.40. The Hall–Kier alpha value is -1.23. The zero-order valence-electron chi connectivity index (χ0n) is 8.89. The lowest BCUT2D eigenvalue weighted by Gasteiger charge is -2.09. The van der Waals surface area contributed by atoms with Gasteiger partial charge in [0.05, 0.1) is 9.82 Å². The van der Waals surface area contributed by atoms with Crippen molar-refractivity contribution < 1.29 is 4.92 Å². The molecule has 0 radical (unpaired) electrons. The molecule has 1 aliphatic rings. The minimum atomic E-state index is -0.382. The van der Waals surface area contributed by atoms with E-state index in [-0.39, 0.29) is 16.3 Å². The summed E-state index contributed by atoms with van der Waals surface area (Å²) in [6.45, 7) is 0. The summed E-state index contributed by atoms with van der Waals surface area (Å²) in [6, 6.07) is 5.15. The van der Waals surface area contributed by atoms with Gasteiger partial charge < -0.3 is 5.73 Å². The standard InChI is InChI=1S/C11H14N2O2S/c12-9-6-3-7-10(11(9)13(14)15)16-8-4-1-2-5-8/h3,6-8H,1-2,4-5,12H2. The summed E-state index contributed by atoms with van der Waals surface area (Å²) < 4.78 is 0. The first-order chi connectivity index (χ1) is 7.68. The van der Waals surface area contributed by atoms with Crippen LogP contribution in [0.2, 0.25) is 0 Å². The first-order valence-corrected chi connectivity index (χ1v) is 6.26. The SMILES string of the molecule is Nc1cccc(SC2CCCC2)c1[N+](=O)[O-]. The van der Waals surface area contributed by atoms with Crippen molar-refractivity contribution in [1.82, 2.24) is 0 Å². The van der Waals surface area contributed by atoms with Gasteiger partial charge in [0.15, 0.2) is 0 Å². The number of rotatable bonds is 3. The van der Waals surface area contributed by atoms with Gasteiger partial charge in [-0.25, -0.2) is 0 Å². The van der Waals surface area contributed by atoms with Crippen LogP contribution in [0.3, 0.4) is 0 Å². The third-order valence-electron chi connectivity index (χ3n) is 2.81. The Balaban J connectivity index is 2.25. The van der Waals surface area contributed by atoms with Crippen LogP contribution in [0.25, 0.3) is 0 Å². The van der Waals surface area contributed by atoms with Gasteiger partial charge in [-0.1, -0.05) is 18.9 Å². The predicted octanol–water partition coefficient (Wildman–Crippen LogP) is 3.21. The fourth-order valence-electron chi connectivity index (χ4n) is 2.02. The van der Waals surface area contributed by atoms with Crippen LogP contribution in [0.15, 0.2) is 23.1 Å². The van der Waals surface area contributed by atoms with Crippen molar-refractivity contribution >= 4 is 23.1 Å². The molecule has 0 heterocycles.